The molecule has 1 aromatic heterocycles. The number of rotatable bonds is 7. The van der Waals surface area contributed by atoms with Crippen molar-refractivity contribution in [2.24, 2.45) is 5.73 Å². The standard InChI is InChI=1S/C29H28ClN3O4S/c1-37-25-14-9-18(15-24(25)19-5-4-6-22(16-19)33(35)36)17-32(21-12-10-20(31)11-13-21)29(34)28-27(30)23-7-2-3-8-26(23)38-28/h2-9,14-16,20-21H,10-13,17,31H2,1H3/t20-,21-. The van der Waals surface area contributed by atoms with E-state index in [1.807, 2.05) is 53.4 Å². The van der Waals surface area contributed by atoms with Crippen LogP contribution in [0.4, 0.5) is 5.69 Å². The van der Waals surface area contributed by atoms with Crippen LogP contribution in [0.25, 0.3) is 21.2 Å². The smallest absolute Gasteiger partial charge is 0.270 e. The number of methoxy groups -OCH3 is 1. The van der Waals surface area contributed by atoms with Gasteiger partial charge in [-0.1, -0.05) is 48.0 Å². The zero-order valence-corrected chi connectivity index (χ0v) is 22.5. The van der Waals surface area contributed by atoms with Crippen LogP contribution in [0.1, 0.15) is 40.9 Å². The summed E-state index contributed by atoms with van der Waals surface area (Å²) in [6, 6.07) is 20.1. The van der Waals surface area contributed by atoms with Crippen molar-refractivity contribution in [1.29, 1.82) is 0 Å². The number of thiophene rings is 1. The maximum Gasteiger partial charge on any atom is 0.270 e. The number of nitro groups is 1. The number of non-ortho nitro benzene ring substituents is 1. The molecule has 1 fully saturated rings. The Balaban J connectivity index is 1.53. The molecule has 0 unspecified atom stereocenters. The fraction of sp³-hybridized carbons (Fsp3) is 0.276. The van der Waals surface area contributed by atoms with Crippen molar-refractivity contribution in [2.45, 2.75) is 44.3 Å². The molecule has 1 heterocycles. The maximum atomic E-state index is 14.0. The Kier molecular flexibility index (Phi) is 7.65. The molecule has 1 amide bonds. The van der Waals surface area contributed by atoms with Crippen molar-refractivity contribution in [2.75, 3.05) is 7.11 Å². The van der Waals surface area contributed by atoms with Crippen molar-refractivity contribution in [3.63, 3.8) is 0 Å². The Morgan fingerprint density at radius 2 is 1.87 bits per heavy atom. The third kappa shape index (κ3) is 5.25. The zero-order valence-electron chi connectivity index (χ0n) is 20.9. The van der Waals surface area contributed by atoms with Crippen LogP contribution in [-0.4, -0.2) is 34.9 Å². The summed E-state index contributed by atoms with van der Waals surface area (Å²) in [7, 11) is 1.57. The fourth-order valence-corrected chi connectivity index (χ4v) is 6.59. The molecule has 9 heteroatoms. The quantitative estimate of drug-likeness (QED) is 0.197. The van der Waals surface area contributed by atoms with E-state index in [2.05, 4.69) is 0 Å². The number of nitrogens with zero attached hydrogens (tertiary/aromatic N) is 2. The lowest BCUT2D eigenvalue weighted by Gasteiger charge is -2.36. The lowest BCUT2D eigenvalue weighted by molar-refractivity contribution is -0.384. The van der Waals surface area contributed by atoms with Gasteiger partial charge in [0.1, 0.15) is 10.6 Å². The van der Waals surface area contributed by atoms with E-state index in [-0.39, 0.29) is 23.7 Å². The van der Waals surface area contributed by atoms with E-state index in [1.165, 1.54) is 23.5 Å². The molecule has 38 heavy (non-hydrogen) atoms. The molecule has 0 bridgehead atoms. The molecule has 0 radical (unpaired) electrons. The molecule has 3 aromatic carbocycles. The highest BCUT2D eigenvalue weighted by molar-refractivity contribution is 7.21. The summed E-state index contributed by atoms with van der Waals surface area (Å²) in [5.74, 6) is 0.507. The summed E-state index contributed by atoms with van der Waals surface area (Å²) in [6.45, 7) is 0.370. The van der Waals surface area contributed by atoms with E-state index in [0.717, 1.165) is 46.9 Å². The average molecular weight is 550 g/mol. The van der Waals surface area contributed by atoms with Gasteiger partial charge in [-0.2, -0.15) is 0 Å². The molecular weight excluding hydrogens is 522 g/mol. The second-order valence-electron chi connectivity index (χ2n) is 9.59. The second kappa shape index (κ2) is 11.1. The van der Waals surface area contributed by atoms with Crippen LogP contribution >= 0.6 is 22.9 Å². The predicted molar refractivity (Wildman–Crippen MR) is 152 cm³/mol. The van der Waals surface area contributed by atoms with E-state index in [4.69, 9.17) is 22.1 Å². The molecule has 4 aromatic rings. The first kappa shape index (κ1) is 26.2. The number of hydrogen-bond acceptors (Lipinski definition) is 6. The number of hydrogen-bond donors (Lipinski definition) is 1. The molecule has 1 saturated carbocycles. The molecule has 0 saturated heterocycles. The fourth-order valence-electron chi connectivity index (χ4n) is 5.12. The molecule has 196 valence electrons. The minimum absolute atomic E-state index is 0.00436. The molecule has 7 nitrogen and oxygen atoms in total. The van der Waals surface area contributed by atoms with Crippen molar-refractivity contribution in [3.8, 4) is 16.9 Å². The third-order valence-corrected chi connectivity index (χ3v) is 8.82. The van der Waals surface area contributed by atoms with Gasteiger partial charge < -0.3 is 15.4 Å². The van der Waals surface area contributed by atoms with Crippen molar-refractivity contribution < 1.29 is 14.5 Å². The summed E-state index contributed by atoms with van der Waals surface area (Å²) in [4.78, 5) is 27.4. The Morgan fingerprint density at radius 1 is 1.11 bits per heavy atom. The second-order valence-corrected chi connectivity index (χ2v) is 11.0. The molecule has 0 atom stereocenters. The number of nitrogens with two attached hydrogens (primary N) is 1. The minimum atomic E-state index is -0.414. The van der Waals surface area contributed by atoms with Crippen LogP contribution in [0.3, 0.4) is 0 Å². The highest BCUT2D eigenvalue weighted by Crippen LogP contribution is 2.38. The van der Waals surface area contributed by atoms with Gasteiger partial charge in [-0.15, -0.1) is 11.3 Å². The summed E-state index contributed by atoms with van der Waals surface area (Å²) >= 11 is 8.13. The number of benzene rings is 3. The highest BCUT2D eigenvalue weighted by atomic mass is 35.5. The van der Waals surface area contributed by atoms with Crippen LogP contribution in [0.2, 0.25) is 5.02 Å². The van der Waals surface area contributed by atoms with Gasteiger partial charge in [-0.3, -0.25) is 14.9 Å². The number of fused-ring (bicyclic) bond motifs is 1. The first-order chi connectivity index (χ1) is 18.4. The van der Waals surface area contributed by atoms with Gasteiger partial charge in [0.15, 0.2) is 0 Å². The molecule has 5 rings (SSSR count). The number of amides is 1. The van der Waals surface area contributed by atoms with Gasteiger partial charge in [0.05, 0.1) is 17.1 Å². The molecular formula is C29H28ClN3O4S. The van der Waals surface area contributed by atoms with Gasteiger partial charge in [0, 0.05) is 46.4 Å². The SMILES string of the molecule is COc1ccc(CN(C(=O)c2sc3ccccc3c2Cl)[C@H]2CC[C@H](N)CC2)cc1-c1cccc([N+](=O)[O-])c1. The van der Waals surface area contributed by atoms with E-state index >= 15 is 0 Å². The van der Waals surface area contributed by atoms with Crippen molar-refractivity contribution >= 4 is 44.6 Å². The number of nitro benzene ring substituents is 1. The molecule has 0 spiro atoms. The lowest BCUT2D eigenvalue weighted by Crippen LogP contribution is -2.43. The average Bonchev–Trinajstić information content (AvgIpc) is 3.28. The van der Waals surface area contributed by atoms with Crippen LogP contribution in [0.15, 0.2) is 66.7 Å². The monoisotopic (exact) mass is 549 g/mol. The van der Waals surface area contributed by atoms with Crippen molar-refractivity contribution in [1.82, 2.24) is 4.90 Å². The van der Waals surface area contributed by atoms with E-state index < -0.39 is 4.92 Å². The van der Waals surface area contributed by atoms with Crippen LogP contribution < -0.4 is 10.5 Å². The molecule has 1 aliphatic carbocycles. The summed E-state index contributed by atoms with van der Waals surface area (Å²) in [5, 5.41) is 12.7. The lowest BCUT2D eigenvalue weighted by atomic mass is 9.90. The van der Waals surface area contributed by atoms with Gasteiger partial charge in [-0.25, -0.2) is 0 Å². The van der Waals surface area contributed by atoms with Crippen LogP contribution in [0.5, 0.6) is 5.75 Å². The summed E-state index contributed by atoms with van der Waals surface area (Å²) in [5.41, 5.74) is 8.48. The predicted octanol–water partition coefficient (Wildman–Crippen LogP) is 7.05. The first-order valence-electron chi connectivity index (χ1n) is 12.5. The van der Waals surface area contributed by atoms with Gasteiger partial charge in [0.2, 0.25) is 0 Å². The number of carbonyl (C=O) groups excluding carboxylic acids is 1. The molecule has 2 N–H and O–H groups in total. The summed E-state index contributed by atoms with van der Waals surface area (Å²) < 4.78 is 6.55. The van der Waals surface area contributed by atoms with Gasteiger partial charge in [-0.05, 0) is 55.0 Å². The summed E-state index contributed by atoms with van der Waals surface area (Å²) in [6.07, 6.45) is 3.36. The Bertz CT molecular complexity index is 1500. The largest absolute Gasteiger partial charge is 0.496 e. The van der Waals surface area contributed by atoms with Gasteiger partial charge in [0.25, 0.3) is 11.6 Å². The topological polar surface area (TPSA) is 98.7 Å². The maximum absolute atomic E-state index is 14.0. The van der Waals surface area contributed by atoms with Crippen molar-refractivity contribution in [3.05, 3.63) is 92.3 Å². The number of ether oxygens (including phenoxy) is 1. The molecule has 0 aliphatic heterocycles. The Labute approximate surface area is 229 Å². The first-order valence-corrected chi connectivity index (χ1v) is 13.7. The Hall–Kier alpha value is -3.46. The molecule has 1 aliphatic rings. The number of carbonyl (C=O) groups is 1. The van der Waals surface area contributed by atoms with E-state index in [9.17, 15) is 14.9 Å². The van der Waals surface area contributed by atoms with Crippen LogP contribution in [-0.2, 0) is 6.54 Å². The van der Waals surface area contributed by atoms with Crippen LogP contribution in [0, 0.1) is 10.1 Å². The normalized spacial score (nSPS) is 17.3. The highest BCUT2D eigenvalue weighted by Gasteiger charge is 2.31. The van der Waals surface area contributed by atoms with Gasteiger partial charge >= 0.3 is 0 Å². The van der Waals surface area contributed by atoms with E-state index in [0.29, 0.717) is 27.8 Å². The Morgan fingerprint density at radius 3 is 2.58 bits per heavy atom. The third-order valence-electron chi connectivity index (χ3n) is 7.16. The minimum Gasteiger partial charge on any atom is -0.496 e. The van der Waals surface area contributed by atoms with E-state index in [1.54, 1.807) is 13.2 Å². The number of halogens is 1. The zero-order chi connectivity index (χ0) is 26.8.